The van der Waals surface area contributed by atoms with Gasteiger partial charge in [0, 0.05) is 21.5 Å². The number of aryl methyl sites for hydroxylation is 2. The summed E-state index contributed by atoms with van der Waals surface area (Å²) in [5.41, 5.74) is 5.37. The summed E-state index contributed by atoms with van der Waals surface area (Å²) in [5, 5.41) is 4.22. The Labute approximate surface area is 119 Å². The van der Waals surface area contributed by atoms with Crippen molar-refractivity contribution in [1.29, 1.82) is 0 Å². The van der Waals surface area contributed by atoms with Gasteiger partial charge in [0.25, 0.3) is 0 Å². The predicted molar refractivity (Wildman–Crippen MR) is 84.6 cm³/mol. The Kier molecular flexibility index (Phi) is 3.52. The van der Waals surface area contributed by atoms with Gasteiger partial charge in [-0.15, -0.1) is 11.8 Å². The first-order valence-electron chi connectivity index (χ1n) is 6.87. The average molecular weight is 269 g/mol. The highest BCUT2D eigenvalue weighted by Gasteiger charge is 2.12. The number of thioether (sulfide) groups is 1. The average Bonchev–Trinajstić information content (AvgIpc) is 2.56. The van der Waals surface area contributed by atoms with Gasteiger partial charge in [0.2, 0.25) is 0 Å². The minimum Gasteiger partial charge on any atom is -0.355 e. The molecule has 0 amide bonds. The van der Waals surface area contributed by atoms with Crippen molar-refractivity contribution in [3.63, 3.8) is 0 Å². The van der Waals surface area contributed by atoms with Crippen molar-refractivity contribution < 1.29 is 0 Å². The van der Waals surface area contributed by atoms with Crippen LogP contribution in [0.5, 0.6) is 0 Å². The van der Waals surface area contributed by atoms with Gasteiger partial charge in [0.05, 0.1) is 0 Å². The maximum absolute atomic E-state index is 3.60. The number of nitrogens with one attached hydrogen (secondary N) is 1. The molecule has 1 N–H and O–H groups in total. The molecule has 0 aliphatic carbocycles. The van der Waals surface area contributed by atoms with Crippen LogP contribution in [0.1, 0.15) is 25.0 Å². The Hall–Kier alpha value is -1.41. The van der Waals surface area contributed by atoms with Crippen molar-refractivity contribution in [2.75, 3.05) is 5.32 Å². The molecular formula is C17H19NS. The summed E-state index contributed by atoms with van der Waals surface area (Å²) in [5.74, 6) is 0. The number of benzene rings is 2. The minimum atomic E-state index is 0.621. The number of para-hydroxylation sites is 1. The third kappa shape index (κ3) is 2.79. The van der Waals surface area contributed by atoms with Crippen LogP contribution in [0.15, 0.2) is 47.4 Å². The molecule has 2 heteroatoms. The fraction of sp³-hybridized carbons (Fsp3) is 0.294. The number of fused-ring (bicyclic) bond motifs is 2. The number of hydrogen-bond donors (Lipinski definition) is 1. The SMILES string of the molecule is CC(C)Sc1ccc2c(c1)Nc1ccccc1CC2. The predicted octanol–water partition coefficient (Wildman–Crippen LogP) is 5.03. The topological polar surface area (TPSA) is 12.0 Å². The molecule has 0 radical (unpaired) electrons. The van der Waals surface area contributed by atoms with Crippen LogP contribution in [-0.2, 0) is 12.8 Å². The van der Waals surface area contributed by atoms with Crippen LogP contribution < -0.4 is 5.32 Å². The van der Waals surface area contributed by atoms with Crippen LogP contribution in [-0.4, -0.2) is 5.25 Å². The first-order chi connectivity index (χ1) is 9.22. The third-order valence-electron chi connectivity index (χ3n) is 3.40. The molecule has 3 rings (SSSR count). The van der Waals surface area contributed by atoms with Crippen molar-refractivity contribution in [1.82, 2.24) is 0 Å². The van der Waals surface area contributed by atoms with Crippen molar-refractivity contribution in [2.24, 2.45) is 0 Å². The molecule has 2 aromatic carbocycles. The lowest BCUT2D eigenvalue weighted by atomic mass is 10.0. The van der Waals surface area contributed by atoms with E-state index >= 15 is 0 Å². The van der Waals surface area contributed by atoms with Crippen LogP contribution in [0.3, 0.4) is 0 Å². The molecule has 0 bridgehead atoms. The van der Waals surface area contributed by atoms with Crippen LogP contribution >= 0.6 is 11.8 Å². The molecule has 0 saturated heterocycles. The van der Waals surface area contributed by atoms with E-state index in [-0.39, 0.29) is 0 Å². The molecule has 0 unspecified atom stereocenters. The first kappa shape index (κ1) is 12.6. The molecule has 0 saturated carbocycles. The molecule has 1 heterocycles. The first-order valence-corrected chi connectivity index (χ1v) is 7.75. The zero-order valence-corrected chi connectivity index (χ0v) is 12.3. The summed E-state index contributed by atoms with van der Waals surface area (Å²) >= 11 is 1.92. The second-order valence-corrected chi connectivity index (χ2v) is 6.92. The lowest BCUT2D eigenvalue weighted by Crippen LogP contribution is -1.94. The Balaban J connectivity index is 1.95. The van der Waals surface area contributed by atoms with E-state index in [1.54, 1.807) is 0 Å². The van der Waals surface area contributed by atoms with Gasteiger partial charge in [-0.3, -0.25) is 0 Å². The van der Waals surface area contributed by atoms with E-state index in [0.717, 1.165) is 12.8 Å². The van der Waals surface area contributed by atoms with Gasteiger partial charge in [-0.05, 0) is 42.2 Å². The Morgan fingerprint density at radius 1 is 0.947 bits per heavy atom. The third-order valence-corrected chi connectivity index (χ3v) is 4.40. The van der Waals surface area contributed by atoms with Crippen LogP contribution in [0, 0.1) is 0 Å². The molecule has 0 aromatic heterocycles. The van der Waals surface area contributed by atoms with Crippen molar-refractivity contribution in [2.45, 2.75) is 36.8 Å². The molecule has 0 fully saturated rings. The zero-order chi connectivity index (χ0) is 13.2. The molecule has 1 aliphatic rings. The number of hydrogen-bond acceptors (Lipinski definition) is 2. The minimum absolute atomic E-state index is 0.621. The maximum atomic E-state index is 3.60. The summed E-state index contributed by atoms with van der Waals surface area (Å²) < 4.78 is 0. The van der Waals surface area contributed by atoms with E-state index in [0.29, 0.717) is 5.25 Å². The summed E-state index contributed by atoms with van der Waals surface area (Å²) in [7, 11) is 0. The Morgan fingerprint density at radius 3 is 2.47 bits per heavy atom. The van der Waals surface area contributed by atoms with E-state index < -0.39 is 0 Å². The highest BCUT2D eigenvalue weighted by molar-refractivity contribution is 7.99. The zero-order valence-electron chi connectivity index (χ0n) is 11.4. The standard InChI is InChI=1S/C17H19NS/c1-12(2)19-15-10-9-14-8-7-13-5-3-4-6-16(13)18-17(14)11-15/h3-6,9-12,18H,7-8H2,1-2H3. The van der Waals surface area contributed by atoms with Gasteiger partial charge in [-0.25, -0.2) is 0 Å². The second kappa shape index (κ2) is 5.30. The van der Waals surface area contributed by atoms with E-state index in [1.807, 2.05) is 11.8 Å². The Morgan fingerprint density at radius 2 is 1.68 bits per heavy atom. The van der Waals surface area contributed by atoms with Gasteiger partial charge < -0.3 is 5.32 Å². The van der Waals surface area contributed by atoms with Gasteiger partial charge in [0.1, 0.15) is 0 Å². The van der Waals surface area contributed by atoms with Crippen LogP contribution in [0.25, 0.3) is 0 Å². The second-order valence-electron chi connectivity index (χ2n) is 5.27. The smallest absolute Gasteiger partial charge is 0.0428 e. The van der Waals surface area contributed by atoms with Crippen LogP contribution in [0.4, 0.5) is 11.4 Å². The van der Waals surface area contributed by atoms with Gasteiger partial charge in [0.15, 0.2) is 0 Å². The number of rotatable bonds is 2. The van der Waals surface area contributed by atoms with E-state index in [4.69, 9.17) is 0 Å². The normalized spacial score (nSPS) is 13.4. The van der Waals surface area contributed by atoms with Crippen LogP contribution in [0.2, 0.25) is 0 Å². The molecule has 1 aliphatic heterocycles. The van der Waals surface area contributed by atoms with Crippen molar-refractivity contribution in [3.05, 3.63) is 53.6 Å². The lowest BCUT2D eigenvalue weighted by molar-refractivity contribution is 0.975. The summed E-state index contributed by atoms with van der Waals surface area (Å²) in [6.45, 7) is 4.47. The lowest BCUT2D eigenvalue weighted by Gasteiger charge is -2.12. The largest absolute Gasteiger partial charge is 0.355 e. The van der Waals surface area contributed by atoms with Crippen molar-refractivity contribution in [3.8, 4) is 0 Å². The highest BCUT2D eigenvalue weighted by Crippen LogP contribution is 2.33. The van der Waals surface area contributed by atoms with Gasteiger partial charge in [-0.1, -0.05) is 38.1 Å². The van der Waals surface area contributed by atoms with E-state index in [9.17, 15) is 0 Å². The maximum Gasteiger partial charge on any atom is 0.0428 e. The molecule has 2 aromatic rings. The fourth-order valence-electron chi connectivity index (χ4n) is 2.51. The highest BCUT2D eigenvalue weighted by atomic mass is 32.2. The Bertz CT molecular complexity index is 590. The molecule has 1 nitrogen and oxygen atoms in total. The monoisotopic (exact) mass is 269 g/mol. The van der Waals surface area contributed by atoms with E-state index in [2.05, 4.69) is 61.6 Å². The molecule has 19 heavy (non-hydrogen) atoms. The molecule has 0 atom stereocenters. The number of anilines is 2. The van der Waals surface area contributed by atoms with Crippen molar-refractivity contribution >= 4 is 23.1 Å². The van der Waals surface area contributed by atoms with E-state index in [1.165, 1.54) is 27.4 Å². The molecule has 98 valence electrons. The quantitative estimate of drug-likeness (QED) is 0.767. The molecule has 0 spiro atoms. The fourth-order valence-corrected chi connectivity index (χ4v) is 3.39. The summed E-state index contributed by atoms with van der Waals surface area (Å²) in [6.07, 6.45) is 2.23. The van der Waals surface area contributed by atoms with Gasteiger partial charge in [-0.2, -0.15) is 0 Å². The molecular weight excluding hydrogens is 250 g/mol. The summed E-state index contributed by atoms with van der Waals surface area (Å²) in [6, 6.07) is 15.4. The van der Waals surface area contributed by atoms with Gasteiger partial charge >= 0.3 is 0 Å². The summed E-state index contributed by atoms with van der Waals surface area (Å²) in [4.78, 5) is 1.35.